The van der Waals surface area contributed by atoms with Gasteiger partial charge in [-0.2, -0.15) is 0 Å². The van der Waals surface area contributed by atoms with Crippen LogP contribution in [0, 0.1) is 0 Å². The van der Waals surface area contributed by atoms with Gasteiger partial charge >= 0.3 is 6.03 Å². The van der Waals surface area contributed by atoms with Crippen LogP contribution < -0.4 is 5.32 Å². The molecule has 0 aliphatic rings. The monoisotopic (exact) mass is 346 g/mol. The van der Waals surface area contributed by atoms with Crippen LogP contribution in [0.5, 0.6) is 0 Å². The van der Waals surface area contributed by atoms with E-state index >= 15 is 0 Å². The average molecular weight is 347 g/mol. The Morgan fingerprint density at radius 3 is 2.50 bits per heavy atom. The van der Waals surface area contributed by atoms with Crippen LogP contribution in [0.2, 0.25) is 5.02 Å². The molecule has 2 amide bonds. The van der Waals surface area contributed by atoms with E-state index in [1.54, 1.807) is 19.1 Å². The molecule has 0 aliphatic heterocycles. The van der Waals surface area contributed by atoms with E-state index in [9.17, 15) is 13.2 Å². The molecule has 2 atom stereocenters. The van der Waals surface area contributed by atoms with Crippen LogP contribution >= 0.6 is 11.6 Å². The molecule has 0 saturated heterocycles. The molecule has 1 aromatic carbocycles. The Balaban J connectivity index is 2.76. The van der Waals surface area contributed by atoms with Crippen molar-refractivity contribution in [1.29, 1.82) is 0 Å². The topological polar surface area (TPSA) is 66.5 Å². The lowest BCUT2D eigenvalue weighted by Gasteiger charge is -2.29. The summed E-state index contributed by atoms with van der Waals surface area (Å²) < 4.78 is 22.8. The fraction of sp³-hybridized carbons (Fsp3) is 0.533. The summed E-state index contributed by atoms with van der Waals surface area (Å²) in [6.45, 7) is 5.85. The molecule has 0 unspecified atom stereocenters. The minimum Gasteiger partial charge on any atom is -0.331 e. The molecule has 7 heteroatoms. The largest absolute Gasteiger partial charge is 0.331 e. The zero-order valence-electron chi connectivity index (χ0n) is 13.3. The first-order chi connectivity index (χ1) is 10.1. The summed E-state index contributed by atoms with van der Waals surface area (Å²) in [5.74, 6) is -0.0557. The maximum Gasteiger partial charge on any atom is 0.318 e. The zero-order chi connectivity index (χ0) is 16.9. The number of hydrogen-bond donors (Lipinski definition) is 1. The van der Waals surface area contributed by atoms with Gasteiger partial charge in [-0.15, -0.1) is 0 Å². The Morgan fingerprint density at radius 1 is 1.36 bits per heavy atom. The van der Waals surface area contributed by atoms with Gasteiger partial charge in [-0.3, -0.25) is 0 Å². The highest BCUT2D eigenvalue weighted by molar-refractivity contribution is 7.90. The summed E-state index contributed by atoms with van der Waals surface area (Å²) in [5.41, 5.74) is 0.896. The molecule has 0 radical (unpaired) electrons. The van der Waals surface area contributed by atoms with Crippen LogP contribution in [0.4, 0.5) is 4.79 Å². The van der Waals surface area contributed by atoms with E-state index in [1.165, 1.54) is 11.2 Å². The van der Waals surface area contributed by atoms with Gasteiger partial charge in [0, 0.05) is 23.9 Å². The van der Waals surface area contributed by atoms with Crippen molar-refractivity contribution in [2.45, 2.75) is 32.9 Å². The molecule has 0 aromatic heterocycles. The first-order valence-electron chi connectivity index (χ1n) is 7.14. The molecular weight excluding hydrogens is 324 g/mol. The number of sulfone groups is 1. The predicted molar refractivity (Wildman–Crippen MR) is 90.0 cm³/mol. The summed E-state index contributed by atoms with van der Waals surface area (Å²) in [4.78, 5) is 13.9. The molecule has 124 valence electrons. The fourth-order valence-electron chi connectivity index (χ4n) is 2.31. The average Bonchev–Trinajstić information content (AvgIpc) is 2.37. The zero-order valence-corrected chi connectivity index (χ0v) is 14.9. The number of benzene rings is 1. The second-order valence-electron chi connectivity index (χ2n) is 5.45. The molecule has 5 nitrogen and oxygen atoms in total. The number of urea groups is 1. The minimum atomic E-state index is -3.14. The number of halogens is 1. The van der Waals surface area contributed by atoms with E-state index in [0.29, 0.717) is 11.6 Å². The van der Waals surface area contributed by atoms with Crippen molar-refractivity contribution in [3.8, 4) is 0 Å². The standard InChI is InChI=1S/C15H23ClN2O3S/c1-5-18(11(2)10-22(4,20)21)15(19)17-12(3)13-7-6-8-14(16)9-13/h6-9,11-12H,5,10H2,1-4H3,(H,17,19)/t11-,12+/m0/s1. The maximum absolute atomic E-state index is 12.4. The normalized spacial score (nSPS) is 14.2. The highest BCUT2D eigenvalue weighted by Gasteiger charge is 2.23. The molecule has 22 heavy (non-hydrogen) atoms. The van der Waals surface area contributed by atoms with E-state index in [2.05, 4.69) is 5.32 Å². The van der Waals surface area contributed by atoms with E-state index in [-0.39, 0.29) is 23.9 Å². The van der Waals surface area contributed by atoms with Gasteiger partial charge in [-0.1, -0.05) is 23.7 Å². The van der Waals surface area contributed by atoms with Gasteiger partial charge in [0.15, 0.2) is 0 Å². The van der Waals surface area contributed by atoms with E-state index < -0.39 is 9.84 Å². The Kier molecular flexibility index (Phi) is 6.68. The van der Waals surface area contributed by atoms with Gasteiger partial charge in [-0.25, -0.2) is 13.2 Å². The molecule has 0 aliphatic carbocycles. The molecule has 1 N–H and O–H groups in total. The smallest absolute Gasteiger partial charge is 0.318 e. The molecule has 0 spiro atoms. The summed E-state index contributed by atoms with van der Waals surface area (Å²) in [5, 5.41) is 3.48. The van der Waals surface area contributed by atoms with Crippen LogP contribution in [0.25, 0.3) is 0 Å². The lowest BCUT2D eigenvalue weighted by Crippen LogP contribution is -2.47. The Morgan fingerprint density at radius 2 is 2.00 bits per heavy atom. The highest BCUT2D eigenvalue weighted by Crippen LogP contribution is 2.17. The molecule has 1 rings (SSSR count). The summed E-state index contributed by atoms with van der Waals surface area (Å²) in [7, 11) is -3.14. The van der Waals surface area contributed by atoms with Crippen molar-refractivity contribution in [1.82, 2.24) is 10.2 Å². The summed E-state index contributed by atoms with van der Waals surface area (Å²) in [6.07, 6.45) is 1.17. The quantitative estimate of drug-likeness (QED) is 0.861. The van der Waals surface area contributed by atoms with Crippen LogP contribution in [-0.2, 0) is 9.84 Å². The fourth-order valence-corrected chi connectivity index (χ4v) is 3.57. The van der Waals surface area contributed by atoms with Crippen molar-refractivity contribution in [3.05, 3.63) is 34.9 Å². The van der Waals surface area contributed by atoms with Crippen molar-refractivity contribution < 1.29 is 13.2 Å². The van der Waals surface area contributed by atoms with Gasteiger partial charge in [0.25, 0.3) is 0 Å². The number of hydrogen-bond acceptors (Lipinski definition) is 3. The number of carbonyl (C=O) groups is 1. The van der Waals surface area contributed by atoms with Gasteiger partial charge < -0.3 is 10.2 Å². The van der Waals surface area contributed by atoms with Crippen LogP contribution in [0.1, 0.15) is 32.4 Å². The van der Waals surface area contributed by atoms with E-state index in [0.717, 1.165) is 5.56 Å². The number of carbonyl (C=O) groups excluding carboxylic acids is 1. The van der Waals surface area contributed by atoms with Gasteiger partial charge in [0.05, 0.1) is 11.8 Å². The predicted octanol–water partition coefficient (Wildman–Crippen LogP) is 2.87. The number of nitrogens with one attached hydrogen (secondary N) is 1. The van der Waals surface area contributed by atoms with Crippen molar-refractivity contribution in [3.63, 3.8) is 0 Å². The number of amides is 2. The Bertz CT molecular complexity index is 619. The van der Waals surface area contributed by atoms with Crippen LogP contribution in [0.15, 0.2) is 24.3 Å². The second kappa shape index (κ2) is 7.83. The van der Waals surface area contributed by atoms with Crippen molar-refractivity contribution in [2.24, 2.45) is 0 Å². The molecular formula is C15H23ClN2O3S. The molecule has 0 heterocycles. The first-order valence-corrected chi connectivity index (χ1v) is 9.58. The van der Waals surface area contributed by atoms with Crippen LogP contribution in [-0.4, -0.2) is 43.9 Å². The van der Waals surface area contributed by atoms with Crippen molar-refractivity contribution in [2.75, 3.05) is 18.6 Å². The summed E-state index contributed by atoms with van der Waals surface area (Å²) in [6, 6.07) is 6.38. The third kappa shape index (κ3) is 5.85. The SMILES string of the molecule is CCN(C(=O)N[C@H](C)c1cccc(Cl)c1)[C@@H](C)CS(C)(=O)=O. The van der Waals surface area contributed by atoms with E-state index in [1.807, 2.05) is 26.0 Å². The molecule has 0 saturated carbocycles. The molecule has 0 fully saturated rings. The Labute approximate surface area is 137 Å². The third-order valence-corrected chi connectivity index (χ3v) is 4.69. The van der Waals surface area contributed by atoms with E-state index in [4.69, 9.17) is 11.6 Å². The van der Waals surface area contributed by atoms with Gasteiger partial charge in [0.1, 0.15) is 9.84 Å². The third-order valence-electron chi connectivity index (χ3n) is 3.37. The maximum atomic E-state index is 12.4. The summed E-state index contributed by atoms with van der Waals surface area (Å²) >= 11 is 5.95. The molecule has 1 aromatic rings. The Hall–Kier alpha value is -1.27. The molecule has 0 bridgehead atoms. The highest BCUT2D eigenvalue weighted by atomic mass is 35.5. The second-order valence-corrected chi connectivity index (χ2v) is 8.07. The van der Waals surface area contributed by atoms with Gasteiger partial charge in [0.2, 0.25) is 0 Å². The van der Waals surface area contributed by atoms with Crippen LogP contribution in [0.3, 0.4) is 0 Å². The number of rotatable bonds is 6. The van der Waals surface area contributed by atoms with Gasteiger partial charge in [-0.05, 0) is 38.5 Å². The lowest BCUT2D eigenvalue weighted by atomic mass is 10.1. The first kappa shape index (κ1) is 18.8. The van der Waals surface area contributed by atoms with Crippen molar-refractivity contribution >= 4 is 27.5 Å². The minimum absolute atomic E-state index is 0.0557. The number of nitrogens with zero attached hydrogens (tertiary/aromatic N) is 1. The lowest BCUT2D eigenvalue weighted by molar-refractivity contribution is 0.184.